The summed E-state index contributed by atoms with van der Waals surface area (Å²) in [5, 5.41) is 24.7. The van der Waals surface area contributed by atoms with Gasteiger partial charge in [-0.15, -0.1) is 0 Å². The molecule has 0 aliphatic heterocycles. The number of thiol groups is 1. The molecule has 182 valence electrons. The molecule has 0 saturated carbocycles. The molecule has 13 nitrogen and oxygen atoms in total. The number of nitrogens with two attached hydrogens (primary N) is 2. The van der Waals surface area contributed by atoms with Gasteiger partial charge in [-0.25, -0.2) is 4.79 Å². The number of hydrogen-bond acceptors (Lipinski definition) is 8. The van der Waals surface area contributed by atoms with Crippen LogP contribution in [0.3, 0.4) is 0 Å². The van der Waals surface area contributed by atoms with Crippen molar-refractivity contribution in [2.45, 2.75) is 63.7 Å². The van der Waals surface area contributed by atoms with Gasteiger partial charge < -0.3 is 37.6 Å². The molecule has 0 aromatic carbocycles. The van der Waals surface area contributed by atoms with E-state index in [2.05, 4.69) is 28.6 Å². The van der Waals surface area contributed by atoms with Gasteiger partial charge in [-0.1, -0.05) is 20.3 Å². The Labute approximate surface area is 190 Å². The molecule has 32 heavy (non-hydrogen) atoms. The number of nitrogens with one attached hydrogen (secondary N) is 3. The van der Waals surface area contributed by atoms with E-state index >= 15 is 0 Å². The van der Waals surface area contributed by atoms with Crippen LogP contribution in [0.5, 0.6) is 0 Å². The van der Waals surface area contributed by atoms with Crippen molar-refractivity contribution in [3.8, 4) is 0 Å². The van der Waals surface area contributed by atoms with Crippen LogP contribution in [0.2, 0.25) is 0 Å². The Bertz CT molecular complexity index is 719. The number of rotatable bonds is 15. The summed E-state index contributed by atoms with van der Waals surface area (Å²) >= 11 is 3.87. The summed E-state index contributed by atoms with van der Waals surface area (Å²) in [5.74, 6) is -6.59. The highest BCUT2D eigenvalue weighted by Gasteiger charge is 2.33. The Kier molecular flexibility index (Phi) is 13.0. The third-order valence-electron chi connectivity index (χ3n) is 4.63. The SMILES string of the molecule is CCC(C)C(NC(=O)C(CC(N)=O)NC(=O)C(N)CCC(=O)O)C(=O)NC(CS)C(=O)O. The molecule has 0 aliphatic carbocycles. The van der Waals surface area contributed by atoms with Crippen molar-refractivity contribution < 1.29 is 39.0 Å². The molecular weight excluding hydrogens is 446 g/mol. The van der Waals surface area contributed by atoms with Crippen molar-refractivity contribution >= 4 is 48.2 Å². The second-order valence-electron chi connectivity index (χ2n) is 7.22. The van der Waals surface area contributed by atoms with E-state index in [1.807, 2.05) is 0 Å². The van der Waals surface area contributed by atoms with Crippen molar-refractivity contribution in [1.82, 2.24) is 16.0 Å². The van der Waals surface area contributed by atoms with Crippen LogP contribution in [0.15, 0.2) is 0 Å². The fraction of sp³-hybridized carbons (Fsp3) is 0.667. The molecule has 4 amide bonds. The largest absolute Gasteiger partial charge is 0.481 e. The third-order valence-corrected chi connectivity index (χ3v) is 5.00. The van der Waals surface area contributed by atoms with Gasteiger partial charge in [0.2, 0.25) is 23.6 Å². The molecule has 0 bridgehead atoms. The first-order chi connectivity index (χ1) is 14.8. The molecule has 0 fully saturated rings. The van der Waals surface area contributed by atoms with Gasteiger partial charge in [-0.05, 0) is 12.3 Å². The number of carboxylic acid groups (broad SMARTS) is 2. The number of carboxylic acids is 2. The lowest BCUT2D eigenvalue weighted by atomic mass is 9.97. The second-order valence-corrected chi connectivity index (χ2v) is 7.59. The minimum atomic E-state index is -1.48. The summed E-state index contributed by atoms with van der Waals surface area (Å²) in [6.45, 7) is 3.39. The third kappa shape index (κ3) is 10.4. The molecule has 0 heterocycles. The van der Waals surface area contributed by atoms with Gasteiger partial charge in [0.1, 0.15) is 18.1 Å². The van der Waals surface area contributed by atoms with Gasteiger partial charge >= 0.3 is 11.9 Å². The zero-order valence-electron chi connectivity index (χ0n) is 17.9. The van der Waals surface area contributed by atoms with E-state index in [4.69, 9.17) is 21.7 Å². The van der Waals surface area contributed by atoms with Crippen molar-refractivity contribution in [3.05, 3.63) is 0 Å². The summed E-state index contributed by atoms with van der Waals surface area (Å²) in [6.07, 6.45) is -0.756. The molecule has 0 rings (SSSR count). The van der Waals surface area contributed by atoms with Crippen LogP contribution in [0, 0.1) is 5.92 Å². The average molecular weight is 478 g/mol. The lowest BCUT2D eigenvalue weighted by molar-refractivity contribution is -0.142. The first-order valence-electron chi connectivity index (χ1n) is 9.84. The Morgan fingerprint density at radius 3 is 1.94 bits per heavy atom. The van der Waals surface area contributed by atoms with Gasteiger partial charge in [0.15, 0.2) is 0 Å². The first kappa shape index (κ1) is 29.1. The molecule has 9 N–H and O–H groups in total. The van der Waals surface area contributed by atoms with Gasteiger partial charge in [-0.2, -0.15) is 12.6 Å². The van der Waals surface area contributed by atoms with E-state index < -0.39 is 72.1 Å². The van der Waals surface area contributed by atoms with E-state index in [0.29, 0.717) is 6.42 Å². The Morgan fingerprint density at radius 1 is 0.938 bits per heavy atom. The van der Waals surface area contributed by atoms with Crippen LogP contribution >= 0.6 is 12.6 Å². The van der Waals surface area contributed by atoms with Crippen LogP contribution in [0.25, 0.3) is 0 Å². The molecule has 0 aliphatic rings. The van der Waals surface area contributed by atoms with Crippen LogP contribution in [-0.2, 0) is 28.8 Å². The second kappa shape index (κ2) is 14.2. The molecule has 0 saturated heterocycles. The van der Waals surface area contributed by atoms with E-state index in [1.54, 1.807) is 13.8 Å². The van der Waals surface area contributed by atoms with Crippen LogP contribution in [0.4, 0.5) is 0 Å². The first-order valence-corrected chi connectivity index (χ1v) is 10.5. The topological polar surface area (TPSA) is 231 Å². The number of primary amides is 1. The smallest absolute Gasteiger partial charge is 0.327 e. The number of hydrogen-bond donors (Lipinski definition) is 8. The molecule has 0 aromatic heterocycles. The number of amides is 4. The summed E-state index contributed by atoms with van der Waals surface area (Å²) in [5.41, 5.74) is 10.8. The molecular formula is C18H31N5O8S. The Balaban J connectivity index is 5.46. The summed E-state index contributed by atoms with van der Waals surface area (Å²) in [7, 11) is 0. The number of carbonyl (C=O) groups excluding carboxylic acids is 4. The quantitative estimate of drug-likeness (QED) is 0.117. The van der Waals surface area contributed by atoms with Gasteiger partial charge in [-0.3, -0.25) is 24.0 Å². The Morgan fingerprint density at radius 2 is 1.50 bits per heavy atom. The maximum Gasteiger partial charge on any atom is 0.327 e. The minimum Gasteiger partial charge on any atom is -0.481 e. The maximum atomic E-state index is 12.7. The highest BCUT2D eigenvalue weighted by Crippen LogP contribution is 2.10. The molecule has 0 spiro atoms. The number of aliphatic carboxylic acids is 2. The summed E-state index contributed by atoms with van der Waals surface area (Å²) in [4.78, 5) is 70.7. The number of carbonyl (C=O) groups is 6. The van der Waals surface area contributed by atoms with Gasteiger partial charge in [0, 0.05) is 12.2 Å². The van der Waals surface area contributed by atoms with E-state index in [-0.39, 0.29) is 18.6 Å². The highest BCUT2D eigenvalue weighted by molar-refractivity contribution is 7.80. The van der Waals surface area contributed by atoms with Gasteiger partial charge in [0.05, 0.1) is 12.5 Å². The zero-order chi connectivity index (χ0) is 25.0. The summed E-state index contributed by atoms with van der Waals surface area (Å²) < 4.78 is 0. The predicted octanol–water partition coefficient (Wildman–Crippen LogP) is -2.43. The molecule has 14 heteroatoms. The minimum absolute atomic E-state index is 0.184. The van der Waals surface area contributed by atoms with Crippen molar-refractivity contribution in [2.24, 2.45) is 17.4 Å². The lowest BCUT2D eigenvalue weighted by Gasteiger charge is -2.27. The van der Waals surface area contributed by atoms with Crippen molar-refractivity contribution in [2.75, 3.05) is 5.75 Å². The van der Waals surface area contributed by atoms with Crippen LogP contribution in [-0.4, -0.2) is 75.7 Å². The summed E-state index contributed by atoms with van der Waals surface area (Å²) in [6, 6.07) is -5.20. The molecule has 5 unspecified atom stereocenters. The van der Waals surface area contributed by atoms with E-state index in [0.717, 1.165) is 0 Å². The normalized spacial score (nSPS) is 15.4. The average Bonchev–Trinajstić information content (AvgIpc) is 2.71. The van der Waals surface area contributed by atoms with Crippen molar-refractivity contribution in [3.63, 3.8) is 0 Å². The van der Waals surface area contributed by atoms with Crippen LogP contribution in [0.1, 0.15) is 39.5 Å². The lowest BCUT2D eigenvalue weighted by Crippen LogP contribution is -2.59. The monoisotopic (exact) mass is 477 g/mol. The van der Waals surface area contributed by atoms with Crippen molar-refractivity contribution in [1.29, 1.82) is 0 Å². The maximum absolute atomic E-state index is 12.7. The predicted molar refractivity (Wildman–Crippen MR) is 115 cm³/mol. The highest BCUT2D eigenvalue weighted by atomic mass is 32.1. The standard InChI is InChI=1S/C18H31N5O8S/c1-3-8(2)14(17(29)22-11(7-32)18(30)31)23-16(28)10(6-12(20)24)21-15(27)9(19)4-5-13(25)26/h8-11,14,32H,3-7,19H2,1-2H3,(H2,20,24)(H,21,27)(H,22,29)(H,23,28)(H,25,26)(H,30,31). The molecule has 5 atom stereocenters. The zero-order valence-corrected chi connectivity index (χ0v) is 18.8. The fourth-order valence-electron chi connectivity index (χ4n) is 2.50. The fourth-order valence-corrected chi connectivity index (χ4v) is 2.75. The van der Waals surface area contributed by atoms with Gasteiger partial charge in [0.25, 0.3) is 0 Å². The Hall–Kier alpha value is -2.87. The molecule has 0 radical (unpaired) electrons. The van der Waals surface area contributed by atoms with E-state index in [1.165, 1.54) is 0 Å². The molecule has 0 aromatic rings. The van der Waals surface area contributed by atoms with E-state index in [9.17, 15) is 28.8 Å². The van der Waals surface area contributed by atoms with Crippen LogP contribution < -0.4 is 27.4 Å².